The fraction of sp³-hybridized carbons (Fsp3) is 0. The van der Waals surface area contributed by atoms with Crippen LogP contribution in [0.2, 0.25) is 0 Å². The van der Waals surface area contributed by atoms with Crippen molar-refractivity contribution in [1.82, 2.24) is 0 Å². The molecule has 1 aliphatic rings. The number of esters is 1. The molecule has 138 valence electrons. The molecule has 4 nitrogen and oxygen atoms in total. The highest BCUT2D eigenvalue weighted by molar-refractivity contribution is 9.10. The molecule has 0 aliphatic carbocycles. The Kier molecular flexibility index (Phi) is 4.79. The summed E-state index contributed by atoms with van der Waals surface area (Å²) in [5.41, 5.74) is 0.947. The van der Waals surface area contributed by atoms with Gasteiger partial charge in [0.2, 0.25) is 5.78 Å². The third-order valence-electron chi connectivity index (χ3n) is 4.14. The molecule has 0 saturated carbocycles. The van der Waals surface area contributed by atoms with E-state index in [9.17, 15) is 14.0 Å². The highest BCUT2D eigenvalue weighted by atomic mass is 79.9. The van der Waals surface area contributed by atoms with Crippen LogP contribution >= 0.6 is 15.9 Å². The summed E-state index contributed by atoms with van der Waals surface area (Å²) < 4.78 is 25.4. The summed E-state index contributed by atoms with van der Waals surface area (Å²) in [6.45, 7) is 0. The van der Waals surface area contributed by atoms with E-state index in [0.29, 0.717) is 15.6 Å². The molecule has 1 heterocycles. The summed E-state index contributed by atoms with van der Waals surface area (Å²) in [5, 5.41) is 0. The van der Waals surface area contributed by atoms with Gasteiger partial charge in [0.25, 0.3) is 0 Å². The minimum Gasteiger partial charge on any atom is -0.452 e. The first-order valence-electron chi connectivity index (χ1n) is 8.32. The fourth-order valence-electron chi connectivity index (χ4n) is 2.75. The van der Waals surface area contributed by atoms with E-state index in [2.05, 4.69) is 15.9 Å². The zero-order valence-corrected chi connectivity index (χ0v) is 15.9. The lowest BCUT2D eigenvalue weighted by Crippen LogP contribution is -2.09. The number of ether oxygens (including phenoxy) is 2. The first-order chi connectivity index (χ1) is 13.5. The molecule has 0 fully saturated rings. The minimum absolute atomic E-state index is 0.00869. The smallest absolute Gasteiger partial charge is 0.344 e. The first kappa shape index (κ1) is 18.1. The number of benzene rings is 3. The predicted molar refractivity (Wildman–Crippen MR) is 105 cm³/mol. The monoisotopic (exact) mass is 438 g/mol. The molecule has 4 rings (SSSR count). The average molecular weight is 439 g/mol. The van der Waals surface area contributed by atoms with Crippen molar-refractivity contribution in [3.05, 3.63) is 99.5 Å². The second-order valence-corrected chi connectivity index (χ2v) is 6.84. The van der Waals surface area contributed by atoms with Crippen molar-refractivity contribution < 1.29 is 23.5 Å². The molecule has 0 atom stereocenters. The number of halogens is 2. The molecule has 0 saturated heterocycles. The van der Waals surface area contributed by atoms with Gasteiger partial charge in [-0.05, 0) is 52.3 Å². The summed E-state index contributed by atoms with van der Waals surface area (Å²) in [4.78, 5) is 24.8. The van der Waals surface area contributed by atoms with Crippen molar-refractivity contribution in [1.29, 1.82) is 0 Å². The number of allylic oxidation sites excluding steroid dienone is 1. The second kappa shape index (κ2) is 7.40. The number of fused-ring (bicyclic) bond motifs is 1. The molecule has 0 spiro atoms. The van der Waals surface area contributed by atoms with Crippen LogP contribution in [0.15, 0.2) is 77.0 Å². The van der Waals surface area contributed by atoms with Gasteiger partial charge in [0.05, 0.1) is 11.1 Å². The summed E-state index contributed by atoms with van der Waals surface area (Å²) in [6, 6.07) is 17.5. The van der Waals surface area contributed by atoms with Crippen LogP contribution in [0.5, 0.6) is 11.5 Å². The average Bonchev–Trinajstić information content (AvgIpc) is 2.99. The molecule has 0 N–H and O–H groups in total. The predicted octanol–water partition coefficient (Wildman–Crippen LogP) is 5.42. The van der Waals surface area contributed by atoms with Gasteiger partial charge < -0.3 is 9.47 Å². The summed E-state index contributed by atoms with van der Waals surface area (Å²) >= 11 is 3.30. The van der Waals surface area contributed by atoms with Crippen LogP contribution in [0.3, 0.4) is 0 Å². The van der Waals surface area contributed by atoms with Crippen molar-refractivity contribution in [2.24, 2.45) is 0 Å². The van der Waals surface area contributed by atoms with Crippen LogP contribution in [0.1, 0.15) is 26.3 Å². The molecule has 6 heteroatoms. The van der Waals surface area contributed by atoms with Gasteiger partial charge >= 0.3 is 5.97 Å². The van der Waals surface area contributed by atoms with Gasteiger partial charge in [-0.25, -0.2) is 9.18 Å². The molecule has 0 radical (unpaired) electrons. The molecule has 0 aromatic heterocycles. The van der Waals surface area contributed by atoms with Crippen molar-refractivity contribution in [3.8, 4) is 11.5 Å². The Morgan fingerprint density at radius 1 is 1.04 bits per heavy atom. The molecule has 28 heavy (non-hydrogen) atoms. The minimum atomic E-state index is -0.543. The zero-order chi connectivity index (χ0) is 19.7. The van der Waals surface area contributed by atoms with Gasteiger partial charge in [0.15, 0.2) is 5.76 Å². The summed E-state index contributed by atoms with van der Waals surface area (Å²) in [6.07, 6.45) is 1.35. The van der Waals surface area contributed by atoms with Gasteiger partial charge in [-0.1, -0.05) is 30.3 Å². The van der Waals surface area contributed by atoms with Gasteiger partial charge in [-0.2, -0.15) is 0 Å². The highest BCUT2D eigenvalue weighted by Gasteiger charge is 2.28. The molecule has 3 aromatic rings. The van der Waals surface area contributed by atoms with Gasteiger partial charge in [-0.3, -0.25) is 4.79 Å². The van der Waals surface area contributed by atoms with Crippen LogP contribution in [-0.4, -0.2) is 11.8 Å². The number of carbonyl (C=O) groups excluding carboxylic acids is 2. The fourth-order valence-corrected chi connectivity index (χ4v) is 3.20. The Morgan fingerprint density at radius 3 is 2.57 bits per heavy atom. The van der Waals surface area contributed by atoms with Gasteiger partial charge in [0, 0.05) is 16.1 Å². The van der Waals surface area contributed by atoms with Crippen molar-refractivity contribution >= 4 is 33.8 Å². The van der Waals surface area contributed by atoms with Crippen molar-refractivity contribution in [2.45, 2.75) is 0 Å². The maximum Gasteiger partial charge on any atom is 0.344 e. The molecular weight excluding hydrogens is 427 g/mol. The van der Waals surface area contributed by atoms with E-state index in [0.717, 1.165) is 0 Å². The van der Waals surface area contributed by atoms with E-state index in [1.54, 1.807) is 42.5 Å². The quantitative estimate of drug-likeness (QED) is 0.311. The number of Topliss-reactive ketones (excluding diaryl/α,β-unsaturated/α-hetero) is 1. The van der Waals surface area contributed by atoms with Gasteiger partial charge in [0.1, 0.15) is 17.3 Å². The largest absolute Gasteiger partial charge is 0.452 e. The van der Waals surface area contributed by atoms with Crippen LogP contribution in [-0.2, 0) is 0 Å². The number of carbonyl (C=O) groups is 2. The lowest BCUT2D eigenvalue weighted by molar-refractivity contribution is 0.0733. The normalized spacial score (nSPS) is 13.9. The molecule has 0 amide bonds. The molecule has 0 bridgehead atoms. The Balaban J connectivity index is 1.58. The maximum absolute atomic E-state index is 13.8. The van der Waals surface area contributed by atoms with E-state index in [1.807, 2.05) is 0 Å². The van der Waals surface area contributed by atoms with E-state index < -0.39 is 11.8 Å². The molecule has 1 aliphatic heterocycles. The Bertz CT molecular complexity index is 1140. The van der Waals surface area contributed by atoms with Crippen molar-refractivity contribution in [2.75, 3.05) is 0 Å². The molecule has 3 aromatic carbocycles. The highest BCUT2D eigenvalue weighted by Crippen LogP contribution is 2.35. The van der Waals surface area contributed by atoms with Gasteiger partial charge in [-0.15, -0.1) is 0 Å². The lowest BCUT2D eigenvalue weighted by Gasteiger charge is -2.07. The van der Waals surface area contributed by atoms with E-state index in [-0.39, 0.29) is 28.6 Å². The van der Waals surface area contributed by atoms with E-state index in [4.69, 9.17) is 9.47 Å². The molecular formula is C22H12BrFO4. The lowest BCUT2D eigenvalue weighted by atomic mass is 10.1. The summed E-state index contributed by atoms with van der Waals surface area (Å²) in [7, 11) is 0. The zero-order valence-electron chi connectivity index (χ0n) is 14.3. The number of hydrogen-bond donors (Lipinski definition) is 0. The van der Waals surface area contributed by atoms with Crippen LogP contribution < -0.4 is 9.47 Å². The van der Waals surface area contributed by atoms with Crippen LogP contribution in [0.4, 0.5) is 4.39 Å². The van der Waals surface area contributed by atoms with Crippen LogP contribution in [0, 0.1) is 5.82 Å². The maximum atomic E-state index is 13.8. The third kappa shape index (κ3) is 3.46. The second-order valence-electron chi connectivity index (χ2n) is 5.99. The number of hydrogen-bond acceptors (Lipinski definition) is 4. The Morgan fingerprint density at radius 2 is 1.79 bits per heavy atom. The third-order valence-corrected chi connectivity index (χ3v) is 4.83. The topological polar surface area (TPSA) is 52.6 Å². The SMILES string of the molecule is O=C(Oc1ccc2c(c1)OC(=Cc1ccccc1F)C2=O)c1ccccc1Br. The summed E-state index contributed by atoms with van der Waals surface area (Å²) in [5.74, 6) is -0.856. The van der Waals surface area contributed by atoms with Crippen molar-refractivity contribution in [3.63, 3.8) is 0 Å². The standard InChI is InChI=1S/C22H12BrFO4/c23-17-7-3-2-6-15(17)22(26)27-14-9-10-16-19(12-14)28-20(21(16)25)11-13-5-1-4-8-18(13)24/h1-12H. The van der Waals surface area contributed by atoms with E-state index in [1.165, 1.54) is 30.3 Å². The number of rotatable bonds is 3. The molecule has 0 unspecified atom stereocenters. The van der Waals surface area contributed by atoms with E-state index >= 15 is 0 Å². The Hall–Kier alpha value is -3.25. The first-order valence-corrected chi connectivity index (χ1v) is 9.12. The Labute approximate surface area is 168 Å². The number of ketones is 1. The van der Waals surface area contributed by atoms with Crippen LogP contribution in [0.25, 0.3) is 6.08 Å².